The summed E-state index contributed by atoms with van der Waals surface area (Å²) in [5, 5.41) is 0. The molecule has 520 valence electrons. The van der Waals surface area contributed by atoms with Gasteiger partial charge in [0, 0.05) is 19.4 Å². The van der Waals surface area contributed by atoms with Crippen LogP contribution in [-0.2, 0) is 32.7 Å². The van der Waals surface area contributed by atoms with E-state index >= 15 is 0 Å². The Balaban J connectivity index is 3.77. The van der Waals surface area contributed by atoms with Crippen LogP contribution in [0.3, 0.4) is 0 Å². The van der Waals surface area contributed by atoms with Gasteiger partial charge in [-0.25, -0.2) is 4.57 Å². The predicted molar refractivity (Wildman–Crippen MR) is 381 cm³/mol. The number of rotatable bonds is 75. The van der Waals surface area contributed by atoms with Gasteiger partial charge in [-0.05, 0) is 51.4 Å². The molecule has 0 aliphatic heterocycles. The lowest BCUT2D eigenvalue weighted by atomic mass is 10.0. The van der Waals surface area contributed by atoms with Crippen LogP contribution in [0.1, 0.15) is 418 Å². The molecule has 88 heavy (non-hydrogen) atoms. The minimum absolute atomic E-state index is 0.0562. The number of allylic oxidation sites excluding steroid dienone is 6. The molecule has 0 spiro atoms. The van der Waals surface area contributed by atoms with Gasteiger partial charge in [-0.15, -0.1) is 0 Å². The van der Waals surface area contributed by atoms with Gasteiger partial charge >= 0.3 is 19.8 Å². The number of hydrogen-bond donors (Lipinski definition) is 2. The Morgan fingerprint density at radius 3 is 0.875 bits per heavy atom. The standard InChI is InChI=1S/C78H150NO8P/c1-3-5-7-9-11-13-15-17-19-21-23-25-27-29-31-33-35-37-39-40-42-44-46-48-50-52-54-56-58-60-62-64-66-68-70-77(80)84-74-76(75-86-88(82,83)85-73-72-79)87-78(81)71-69-67-65-63-61-59-57-55-53-51-49-47-45-43-41-38-36-34-32-30-28-26-24-22-20-18-16-14-12-10-8-6-4-2/h16,18,22,24,28,30,76H,3-15,17,19-21,23,25-27,29,31-75,79H2,1-2H3,(H,82,83)/b18-16-,24-22-,30-28-. The second-order valence-electron chi connectivity index (χ2n) is 26.6. The molecule has 0 saturated carbocycles. The smallest absolute Gasteiger partial charge is 0.462 e. The molecule has 0 aliphatic rings. The minimum atomic E-state index is -4.39. The Bertz CT molecular complexity index is 1540. The molecule has 9 nitrogen and oxygen atoms in total. The zero-order chi connectivity index (χ0) is 63.7. The molecule has 0 saturated heterocycles. The maximum Gasteiger partial charge on any atom is 0.472 e. The third-order valence-corrected chi connectivity index (χ3v) is 18.8. The monoisotopic (exact) mass is 1260 g/mol. The lowest BCUT2D eigenvalue weighted by Crippen LogP contribution is -2.29. The maximum atomic E-state index is 12.8. The molecule has 0 amide bonds. The first-order valence-electron chi connectivity index (χ1n) is 39.0. The van der Waals surface area contributed by atoms with Crippen LogP contribution in [0.2, 0.25) is 0 Å². The van der Waals surface area contributed by atoms with Crippen LogP contribution in [-0.4, -0.2) is 49.3 Å². The van der Waals surface area contributed by atoms with Crippen molar-refractivity contribution in [3.05, 3.63) is 36.5 Å². The Morgan fingerprint density at radius 2 is 0.591 bits per heavy atom. The molecular weight excluding hydrogens is 1110 g/mol. The lowest BCUT2D eigenvalue weighted by Gasteiger charge is -2.19. The van der Waals surface area contributed by atoms with Crippen molar-refractivity contribution < 1.29 is 37.6 Å². The van der Waals surface area contributed by atoms with Crippen LogP contribution in [0, 0.1) is 0 Å². The molecule has 0 aromatic rings. The fraction of sp³-hybridized carbons (Fsp3) is 0.897. The third kappa shape index (κ3) is 73.3. The SMILES string of the molecule is CCCCCCC/C=C\C/C=C\C/C=C\CCCCCCCCCCCCCCCCCCCCC(=O)OC(COC(=O)CCCCCCCCCCCCCCCCCCCCCCCCCCCCCCCCCCCC)COP(=O)(O)OCCN. The van der Waals surface area contributed by atoms with Crippen molar-refractivity contribution in [2.75, 3.05) is 26.4 Å². The first kappa shape index (κ1) is 86.2. The van der Waals surface area contributed by atoms with Gasteiger partial charge in [0.1, 0.15) is 6.61 Å². The summed E-state index contributed by atoms with van der Waals surface area (Å²) in [6, 6.07) is 0. The van der Waals surface area contributed by atoms with E-state index in [-0.39, 0.29) is 38.6 Å². The first-order valence-corrected chi connectivity index (χ1v) is 40.5. The molecule has 0 heterocycles. The van der Waals surface area contributed by atoms with Gasteiger partial charge in [0.25, 0.3) is 0 Å². The molecule has 0 rings (SSSR count). The van der Waals surface area contributed by atoms with Gasteiger partial charge in [-0.1, -0.05) is 391 Å². The van der Waals surface area contributed by atoms with Crippen molar-refractivity contribution in [2.24, 2.45) is 5.73 Å². The van der Waals surface area contributed by atoms with Gasteiger partial charge in [0.15, 0.2) is 6.10 Å². The Labute approximate surface area is 547 Å². The van der Waals surface area contributed by atoms with Crippen molar-refractivity contribution in [1.82, 2.24) is 0 Å². The molecule has 2 atom stereocenters. The fourth-order valence-corrected chi connectivity index (χ4v) is 12.8. The van der Waals surface area contributed by atoms with E-state index in [1.807, 2.05) is 0 Å². The highest BCUT2D eigenvalue weighted by atomic mass is 31.2. The summed E-state index contributed by atoms with van der Waals surface area (Å²) in [5.74, 6) is -0.802. The van der Waals surface area contributed by atoms with E-state index in [1.165, 1.54) is 340 Å². The number of phosphoric ester groups is 1. The summed E-state index contributed by atoms with van der Waals surface area (Å²) in [4.78, 5) is 35.4. The molecule has 0 aliphatic carbocycles. The summed E-state index contributed by atoms with van der Waals surface area (Å²) >= 11 is 0. The molecule has 0 fully saturated rings. The summed E-state index contributed by atoms with van der Waals surface area (Å²) in [5.41, 5.74) is 5.41. The van der Waals surface area contributed by atoms with E-state index in [2.05, 4.69) is 50.3 Å². The largest absolute Gasteiger partial charge is 0.472 e. The maximum absolute atomic E-state index is 12.8. The van der Waals surface area contributed by atoms with Gasteiger partial charge in [-0.3, -0.25) is 18.6 Å². The van der Waals surface area contributed by atoms with E-state index in [0.717, 1.165) is 44.9 Å². The number of hydrogen-bond acceptors (Lipinski definition) is 8. The van der Waals surface area contributed by atoms with E-state index in [1.54, 1.807) is 0 Å². The van der Waals surface area contributed by atoms with Gasteiger partial charge in [0.05, 0.1) is 13.2 Å². The Hall–Kier alpha value is -1.77. The molecule has 0 radical (unpaired) electrons. The predicted octanol–water partition coefficient (Wildman–Crippen LogP) is 25.8. The van der Waals surface area contributed by atoms with Crippen LogP contribution in [0.5, 0.6) is 0 Å². The van der Waals surface area contributed by atoms with Crippen molar-refractivity contribution in [3.8, 4) is 0 Å². The zero-order valence-electron chi connectivity index (χ0n) is 58.7. The summed E-state index contributed by atoms with van der Waals surface area (Å²) < 4.78 is 33.3. The second-order valence-corrected chi connectivity index (χ2v) is 28.0. The minimum Gasteiger partial charge on any atom is -0.462 e. The molecule has 0 bridgehead atoms. The fourth-order valence-electron chi connectivity index (χ4n) is 12.0. The van der Waals surface area contributed by atoms with E-state index in [4.69, 9.17) is 24.3 Å². The van der Waals surface area contributed by atoms with Crippen molar-refractivity contribution in [3.63, 3.8) is 0 Å². The summed E-state index contributed by atoms with van der Waals surface area (Å²) in [6.45, 7) is 3.82. The van der Waals surface area contributed by atoms with Crippen LogP contribution in [0.15, 0.2) is 36.5 Å². The average Bonchev–Trinajstić information content (AvgIpc) is 3.53. The van der Waals surface area contributed by atoms with Crippen LogP contribution in [0.4, 0.5) is 0 Å². The number of carbonyl (C=O) groups is 2. The molecule has 2 unspecified atom stereocenters. The molecular formula is C78H150NO8P. The van der Waals surface area contributed by atoms with Crippen LogP contribution < -0.4 is 5.73 Å². The first-order chi connectivity index (χ1) is 43.3. The third-order valence-electron chi connectivity index (χ3n) is 17.8. The number of unbranched alkanes of at least 4 members (excludes halogenated alkanes) is 56. The van der Waals surface area contributed by atoms with Crippen molar-refractivity contribution in [2.45, 2.75) is 424 Å². The number of ether oxygens (including phenoxy) is 2. The quantitative estimate of drug-likeness (QED) is 0.0264. The van der Waals surface area contributed by atoms with E-state index in [0.29, 0.717) is 6.42 Å². The molecule has 0 aromatic heterocycles. The molecule has 0 aromatic carbocycles. The molecule has 10 heteroatoms. The lowest BCUT2D eigenvalue weighted by molar-refractivity contribution is -0.161. The Morgan fingerprint density at radius 1 is 0.341 bits per heavy atom. The second kappa shape index (κ2) is 74.3. The Kier molecular flexibility index (Phi) is 72.8. The average molecular weight is 1260 g/mol. The van der Waals surface area contributed by atoms with Crippen molar-refractivity contribution >= 4 is 19.8 Å². The number of esters is 2. The zero-order valence-corrected chi connectivity index (χ0v) is 59.6. The van der Waals surface area contributed by atoms with E-state index in [9.17, 15) is 19.0 Å². The van der Waals surface area contributed by atoms with E-state index < -0.39 is 26.5 Å². The topological polar surface area (TPSA) is 134 Å². The number of carbonyl (C=O) groups excluding carboxylic acids is 2. The van der Waals surface area contributed by atoms with Gasteiger partial charge in [-0.2, -0.15) is 0 Å². The summed E-state index contributed by atoms with van der Waals surface area (Å²) in [7, 11) is -4.39. The highest BCUT2D eigenvalue weighted by Crippen LogP contribution is 2.43. The molecule has 3 N–H and O–H groups in total. The highest BCUT2D eigenvalue weighted by Gasteiger charge is 2.26. The van der Waals surface area contributed by atoms with Gasteiger partial charge in [0.2, 0.25) is 0 Å². The van der Waals surface area contributed by atoms with Gasteiger partial charge < -0.3 is 20.1 Å². The number of phosphoric acid groups is 1. The normalized spacial score (nSPS) is 13.0. The summed E-state index contributed by atoms with van der Waals surface area (Å²) in [6.07, 6.45) is 94.2. The number of nitrogens with two attached hydrogens (primary N) is 1. The van der Waals surface area contributed by atoms with Crippen LogP contribution >= 0.6 is 7.82 Å². The van der Waals surface area contributed by atoms with Crippen LogP contribution in [0.25, 0.3) is 0 Å². The highest BCUT2D eigenvalue weighted by molar-refractivity contribution is 7.47. The van der Waals surface area contributed by atoms with Crippen molar-refractivity contribution in [1.29, 1.82) is 0 Å².